The maximum absolute atomic E-state index is 13.1. The van der Waals surface area contributed by atoms with Crippen LogP contribution >= 0.6 is 0 Å². The molecular weight excluding hydrogens is 540 g/mol. The Labute approximate surface area is 260 Å². The number of esters is 2. The molecule has 5 aliphatic carbocycles. The van der Waals surface area contributed by atoms with Gasteiger partial charge in [0.25, 0.3) is 0 Å². The molecule has 4 unspecified atom stereocenters. The van der Waals surface area contributed by atoms with Crippen molar-refractivity contribution in [2.45, 2.75) is 132 Å². The predicted octanol–water partition coefficient (Wildman–Crippen LogP) is 8.23. The van der Waals surface area contributed by atoms with Crippen LogP contribution in [0.25, 0.3) is 0 Å². The number of carbonyl (C=O) groups is 3. The molecule has 0 aliphatic heterocycles. The van der Waals surface area contributed by atoms with Crippen molar-refractivity contribution < 1.29 is 29.0 Å². The second-order valence-corrected chi connectivity index (χ2v) is 17.5. The van der Waals surface area contributed by atoms with Crippen LogP contribution in [-0.2, 0) is 23.9 Å². The van der Waals surface area contributed by atoms with Crippen molar-refractivity contribution >= 4 is 17.9 Å². The van der Waals surface area contributed by atoms with E-state index in [-0.39, 0.29) is 46.1 Å². The van der Waals surface area contributed by atoms with E-state index in [1.54, 1.807) is 13.8 Å². The van der Waals surface area contributed by atoms with Crippen LogP contribution in [0.15, 0.2) is 12.2 Å². The number of aliphatic carboxylic acids is 1. The van der Waals surface area contributed by atoms with E-state index in [0.29, 0.717) is 23.7 Å². The summed E-state index contributed by atoms with van der Waals surface area (Å²) in [5.41, 5.74) is -0.158. The second kappa shape index (κ2) is 10.3. The summed E-state index contributed by atoms with van der Waals surface area (Å²) in [6.45, 7) is 22.2. The van der Waals surface area contributed by atoms with Crippen LogP contribution in [-0.4, -0.2) is 36.2 Å². The number of rotatable bonds is 6. The first-order valence-electron chi connectivity index (χ1n) is 17.0. The fourth-order valence-corrected chi connectivity index (χ4v) is 12.6. The number of carbonyl (C=O) groups excluding carboxylic acids is 2. The summed E-state index contributed by atoms with van der Waals surface area (Å²) >= 11 is 0. The predicted molar refractivity (Wildman–Crippen MR) is 167 cm³/mol. The molecule has 1 N–H and O–H groups in total. The Morgan fingerprint density at radius 2 is 1.53 bits per heavy atom. The largest absolute Gasteiger partial charge is 0.481 e. The number of carboxylic acids is 1. The third kappa shape index (κ3) is 4.48. The standard InChI is InChI=1S/C37H58O6/c1-22(2)23-13-18-37(30(39)40)20-19-35(8)24(29(23)37)11-12-26-34(7)16-15-27(33(5,6)25(34)14-17-36(26,35)9)43-28(38)21-32(3,4)31(41)42-10/h23-27,29H,1,11-21H2,2-10H3,(H,39,40)/t23-,24?,25?,26?,27-,29?,34-,35+,36+,37-/m0/s1. The van der Waals surface area contributed by atoms with Crippen molar-refractivity contribution in [3.8, 4) is 0 Å². The molecule has 6 heteroatoms. The van der Waals surface area contributed by atoms with Crippen molar-refractivity contribution in [2.75, 3.05) is 7.11 Å². The molecule has 0 aromatic rings. The lowest BCUT2D eigenvalue weighted by Gasteiger charge is -2.72. The van der Waals surface area contributed by atoms with Crippen molar-refractivity contribution in [3.05, 3.63) is 12.2 Å². The van der Waals surface area contributed by atoms with E-state index >= 15 is 0 Å². The highest BCUT2D eigenvalue weighted by Crippen LogP contribution is 2.77. The lowest BCUT2D eigenvalue weighted by molar-refractivity contribution is -0.250. The highest BCUT2D eigenvalue weighted by molar-refractivity contribution is 5.82. The molecule has 0 heterocycles. The molecule has 0 aromatic carbocycles. The summed E-state index contributed by atoms with van der Waals surface area (Å²) in [5.74, 6) is 0.587. The van der Waals surface area contributed by atoms with Gasteiger partial charge in [-0.15, -0.1) is 0 Å². The van der Waals surface area contributed by atoms with Crippen LogP contribution in [0.2, 0.25) is 0 Å². The van der Waals surface area contributed by atoms with Gasteiger partial charge in [0.1, 0.15) is 6.10 Å². The van der Waals surface area contributed by atoms with Crippen molar-refractivity contribution in [1.82, 2.24) is 0 Å². The number of allylic oxidation sites excluding steroid dienone is 1. The van der Waals surface area contributed by atoms with Gasteiger partial charge < -0.3 is 14.6 Å². The maximum Gasteiger partial charge on any atom is 0.311 e. The van der Waals surface area contributed by atoms with Crippen molar-refractivity contribution in [2.24, 2.45) is 62.1 Å². The van der Waals surface area contributed by atoms with Crippen LogP contribution in [0.4, 0.5) is 0 Å². The molecule has 242 valence electrons. The fourth-order valence-electron chi connectivity index (χ4n) is 12.6. The van der Waals surface area contributed by atoms with E-state index in [2.05, 4.69) is 48.1 Å². The Balaban J connectivity index is 1.41. The third-order valence-electron chi connectivity index (χ3n) is 15.0. The number of fused-ring (bicyclic) bond motifs is 7. The summed E-state index contributed by atoms with van der Waals surface area (Å²) in [5, 5.41) is 10.6. The topological polar surface area (TPSA) is 89.9 Å². The van der Waals surface area contributed by atoms with Gasteiger partial charge in [-0.25, -0.2) is 0 Å². The van der Waals surface area contributed by atoms with Gasteiger partial charge in [-0.05, 0) is 131 Å². The number of hydrogen-bond acceptors (Lipinski definition) is 5. The van der Waals surface area contributed by atoms with Gasteiger partial charge in [-0.2, -0.15) is 0 Å². The molecule has 10 atom stereocenters. The lowest BCUT2D eigenvalue weighted by atomic mass is 9.32. The quantitative estimate of drug-likeness (QED) is 0.245. The van der Waals surface area contributed by atoms with Crippen LogP contribution in [0, 0.1) is 62.1 Å². The molecule has 0 amide bonds. The average Bonchev–Trinajstić information content (AvgIpc) is 3.31. The molecule has 0 bridgehead atoms. The minimum Gasteiger partial charge on any atom is -0.481 e. The SMILES string of the molecule is C=C(C)[C@@H]1CC[C@]2(C(=O)O)CC[C@]3(C)C(CCC4[C@@]5(C)CC[C@H](OC(=O)CC(C)(C)C(=O)OC)C(C)(C)C5CC[C@]43C)C12. The van der Waals surface area contributed by atoms with Crippen LogP contribution in [0.5, 0.6) is 0 Å². The first-order valence-corrected chi connectivity index (χ1v) is 17.0. The molecule has 0 radical (unpaired) electrons. The molecule has 0 spiro atoms. The minimum absolute atomic E-state index is 0.0127. The first kappa shape index (κ1) is 32.5. The molecule has 5 fully saturated rings. The molecule has 0 saturated heterocycles. The van der Waals surface area contributed by atoms with Gasteiger partial charge >= 0.3 is 17.9 Å². The zero-order valence-corrected chi connectivity index (χ0v) is 28.4. The zero-order valence-electron chi connectivity index (χ0n) is 28.4. The second-order valence-electron chi connectivity index (χ2n) is 17.5. The molecule has 43 heavy (non-hydrogen) atoms. The van der Waals surface area contributed by atoms with E-state index in [4.69, 9.17) is 9.47 Å². The van der Waals surface area contributed by atoms with Gasteiger partial charge in [0, 0.05) is 5.41 Å². The highest BCUT2D eigenvalue weighted by atomic mass is 16.5. The van der Waals surface area contributed by atoms with Gasteiger partial charge in [0.15, 0.2) is 0 Å². The number of ether oxygens (including phenoxy) is 2. The van der Waals surface area contributed by atoms with E-state index < -0.39 is 22.8 Å². The van der Waals surface area contributed by atoms with Crippen LogP contribution < -0.4 is 0 Å². The summed E-state index contributed by atoms with van der Waals surface area (Å²) in [6, 6.07) is 0. The van der Waals surface area contributed by atoms with Gasteiger partial charge in [-0.1, -0.05) is 46.8 Å². The third-order valence-corrected chi connectivity index (χ3v) is 15.0. The fraction of sp³-hybridized carbons (Fsp3) is 0.865. The van der Waals surface area contributed by atoms with E-state index in [1.807, 2.05) is 0 Å². The molecule has 0 aromatic heterocycles. The average molecular weight is 599 g/mol. The number of carboxylic acid groups (broad SMARTS) is 1. The Bertz CT molecular complexity index is 1190. The van der Waals surface area contributed by atoms with Crippen LogP contribution in [0.3, 0.4) is 0 Å². The number of methoxy groups -OCH3 is 1. The Morgan fingerprint density at radius 1 is 0.860 bits per heavy atom. The first-order chi connectivity index (χ1) is 19.8. The molecule has 5 aliphatic rings. The Kier molecular flexibility index (Phi) is 7.82. The van der Waals surface area contributed by atoms with Gasteiger partial charge in [0.05, 0.1) is 24.4 Å². The van der Waals surface area contributed by atoms with Crippen molar-refractivity contribution in [3.63, 3.8) is 0 Å². The van der Waals surface area contributed by atoms with Gasteiger partial charge in [0.2, 0.25) is 0 Å². The number of hydrogen-bond donors (Lipinski definition) is 1. The minimum atomic E-state index is -0.916. The lowest BCUT2D eigenvalue weighted by Crippen LogP contribution is -2.67. The maximum atomic E-state index is 13.1. The zero-order chi connectivity index (χ0) is 32.0. The molecule has 5 rings (SSSR count). The summed E-state index contributed by atoms with van der Waals surface area (Å²) in [6.07, 6.45) is 9.71. The monoisotopic (exact) mass is 598 g/mol. The normalized spacial score (nSPS) is 45.0. The Morgan fingerprint density at radius 3 is 2.14 bits per heavy atom. The van der Waals surface area contributed by atoms with E-state index in [1.165, 1.54) is 12.7 Å². The molecule has 5 saturated carbocycles. The van der Waals surface area contributed by atoms with E-state index in [0.717, 1.165) is 64.2 Å². The molecule has 6 nitrogen and oxygen atoms in total. The Hall–Kier alpha value is -1.85. The summed E-state index contributed by atoms with van der Waals surface area (Å²) in [7, 11) is 1.35. The van der Waals surface area contributed by atoms with Crippen LogP contribution in [0.1, 0.15) is 126 Å². The summed E-state index contributed by atoms with van der Waals surface area (Å²) in [4.78, 5) is 38.2. The van der Waals surface area contributed by atoms with Crippen molar-refractivity contribution in [1.29, 1.82) is 0 Å². The molecular formula is C37H58O6. The smallest absolute Gasteiger partial charge is 0.311 e. The van der Waals surface area contributed by atoms with E-state index in [9.17, 15) is 19.5 Å². The highest BCUT2D eigenvalue weighted by Gasteiger charge is 2.72. The van der Waals surface area contributed by atoms with Gasteiger partial charge in [-0.3, -0.25) is 14.4 Å². The summed E-state index contributed by atoms with van der Waals surface area (Å²) < 4.78 is 11.1.